The van der Waals surface area contributed by atoms with Crippen LogP contribution in [-0.4, -0.2) is 46.5 Å². The lowest BCUT2D eigenvalue weighted by Crippen LogP contribution is -2.48. The fraction of sp³-hybridized carbons (Fsp3) is 0.500. The minimum atomic E-state index is -0.994. The zero-order valence-electron chi connectivity index (χ0n) is 11.5. The van der Waals surface area contributed by atoms with Gasteiger partial charge in [0, 0.05) is 31.3 Å². The van der Waals surface area contributed by atoms with Crippen molar-refractivity contribution in [2.75, 3.05) is 13.2 Å². The third-order valence-corrected chi connectivity index (χ3v) is 3.63. The average Bonchev–Trinajstić information content (AvgIpc) is 2.46. The molecule has 1 aliphatic heterocycles. The van der Waals surface area contributed by atoms with Crippen LogP contribution < -0.4 is 10.1 Å². The summed E-state index contributed by atoms with van der Waals surface area (Å²) < 4.78 is 11.2. The Hall–Kier alpha value is -2.15. The molecule has 2 aliphatic rings. The van der Waals surface area contributed by atoms with Gasteiger partial charge in [-0.25, -0.2) is 14.8 Å². The second kappa shape index (κ2) is 6.09. The summed E-state index contributed by atoms with van der Waals surface area (Å²) in [5.74, 6) is 0.518. The van der Waals surface area contributed by atoms with E-state index >= 15 is 0 Å². The second-order valence-electron chi connectivity index (χ2n) is 5.12. The zero-order valence-corrected chi connectivity index (χ0v) is 11.5. The number of nitrogens with zero attached hydrogens (tertiary/aromatic N) is 2. The van der Waals surface area contributed by atoms with Crippen molar-refractivity contribution >= 4 is 11.7 Å². The molecule has 7 heteroatoms. The predicted octanol–water partition coefficient (Wildman–Crippen LogP) is 1.46. The Morgan fingerprint density at radius 3 is 2.90 bits per heavy atom. The Morgan fingerprint density at radius 1 is 1.38 bits per heavy atom. The summed E-state index contributed by atoms with van der Waals surface area (Å²) in [5, 5.41) is 11.1. The fourth-order valence-corrected chi connectivity index (χ4v) is 2.49. The van der Waals surface area contributed by atoms with Crippen molar-refractivity contribution in [1.82, 2.24) is 15.3 Å². The van der Waals surface area contributed by atoms with E-state index in [0.29, 0.717) is 31.9 Å². The summed E-state index contributed by atoms with van der Waals surface area (Å²) in [6.45, 7) is 1.26. The number of amides is 1. The van der Waals surface area contributed by atoms with Crippen molar-refractivity contribution in [3.8, 4) is 5.88 Å². The highest BCUT2D eigenvalue weighted by molar-refractivity contribution is 5.66. The first-order valence-corrected chi connectivity index (χ1v) is 6.96. The number of carbonyl (C=O) groups is 1. The summed E-state index contributed by atoms with van der Waals surface area (Å²) in [7, 11) is 0. The van der Waals surface area contributed by atoms with Gasteiger partial charge < -0.3 is 19.9 Å². The molecule has 0 atom stereocenters. The van der Waals surface area contributed by atoms with E-state index in [-0.39, 0.29) is 12.1 Å². The van der Waals surface area contributed by atoms with Crippen LogP contribution in [0.2, 0.25) is 0 Å². The molecule has 1 aromatic heterocycles. The molecule has 0 aromatic carbocycles. The van der Waals surface area contributed by atoms with Gasteiger partial charge in [0.2, 0.25) is 5.88 Å². The molecule has 3 rings (SSSR count). The molecule has 1 saturated carbocycles. The molecule has 21 heavy (non-hydrogen) atoms. The summed E-state index contributed by atoms with van der Waals surface area (Å²) in [6, 6.07) is -0.0325. The first kappa shape index (κ1) is 13.8. The summed E-state index contributed by atoms with van der Waals surface area (Å²) >= 11 is 0. The van der Waals surface area contributed by atoms with Crippen molar-refractivity contribution in [2.45, 2.75) is 31.4 Å². The fourth-order valence-electron chi connectivity index (χ4n) is 2.49. The Balaban J connectivity index is 1.64. The smallest absolute Gasteiger partial charge is 0.404 e. The van der Waals surface area contributed by atoms with Gasteiger partial charge in [0.25, 0.3) is 0 Å². The number of hydrogen-bond acceptors (Lipinski definition) is 5. The Morgan fingerprint density at radius 2 is 2.19 bits per heavy atom. The van der Waals surface area contributed by atoms with Crippen LogP contribution in [0.3, 0.4) is 0 Å². The van der Waals surface area contributed by atoms with Crippen LogP contribution in [0.4, 0.5) is 4.79 Å². The van der Waals surface area contributed by atoms with E-state index in [9.17, 15) is 4.79 Å². The third-order valence-electron chi connectivity index (χ3n) is 3.63. The number of ether oxygens (including phenoxy) is 2. The molecule has 0 radical (unpaired) electrons. The minimum absolute atomic E-state index is 0.0160. The van der Waals surface area contributed by atoms with Crippen LogP contribution in [0.15, 0.2) is 18.5 Å². The summed E-state index contributed by atoms with van der Waals surface area (Å²) in [6.07, 6.45) is 6.34. The van der Waals surface area contributed by atoms with Gasteiger partial charge >= 0.3 is 6.09 Å². The Labute approximate surface area is 122 Å². The molecule has 1 aromatic rings. The molecule has 2 heterocycles. The Bertz CT molecular complexity index is 555. The SMILES string of the molecule is O=C(O)NC1CC(Oc2nccnc2C2=CCOCC2)C1. The number of aromatic nitrogens is 2. The summed E-state index contributed by atoms with van der Waals surface area (Å²) in [5.41, 5.74) is 1.85. The number of rotatable bonds is 4. The molecular formula is C14H17N3O4. The molecule has 1 aliphatic carbocycles. The van der Waals surface area contributed by atoms with Gasteiger partial charge in [-0.05, 0) is 12.0 Å². The quantitative estimate of drug-likeness (QED) is 0.872. The van der Waals surface area contributed by atoms with E-state index < -0.39 is 6.09 Å². The highest BCUT2D eigenvalue weighted by Crippen LogP contribution is 2.30. The van der Waals surface area contributed by atoms with E-state index in [2.05, 4.69) is 15.3 Å². The van der Waals surface area contributed by atoms with E-state index in [1.807, 2.05) is 6.08 Å². The van der Waals surface area contributed by atoms with E-state index in [4.69, 9.17) is 14.6 Å². The van der Waals surface area contributed by atoms with Gasteiger partial charge in [0.15, 0.2) is 0 Å². The van der Waals surface area contributed by atoms with Crippen LogP contribution in [0.1, 0.15) is 25.0 Å². The average molecular weight is 291 g/mol. The monoisotopic (exact) mass is 291 g/mol. The van der Waals surface area contributed by atoms with Crippen molar-refractivity contribution in [3.63, 3.8) is 0 Å². The van der Waals surface area contributed by atoms with E-state index in [0.717, 1.165) is 17.7 Å². The molecule has 0 saturated heterocycles. The van der Waals surface area contributed by atoms with E-state index in [1.165, 1.54) is 0 Å². The molecule has 0 spiro atoms. The Kier molecular flexibility index (Phi) is 4.01. The maximum Gasteiger partial charge on any atom is 0.404 e. The number of hydrogen-bond donors (Lipinski definition) is 2. The molecule has 1 fully saturated rings. The van der Waals surface area contributed by atoms with Crippen molar-refractivity contribution in [1.29, 1.82) is 0 Å². The minimum Gasteiger partial charge on any atom is -0.473 e. The third kappa shape index (κ3) is 3.30. The molecule has 2 N–H and O–H groups in total. The van der Waals surface area contributed by atoms with Crippen LogP contribution in [0, 0.1) is 0 Å². The molecule has 1 amide bonds. The van der Waals surface area contributed by atoms with Crippen LogP contribution in [0.25, 0.3) is 5.57 Å². The molecule has 112 valence electrons. The predicted molar refractivity (Wildman–Crippen MR) is 74.0 cm³/mol. The van der Waals surface area contributed by atoms with Gasteiger partial charge in [-0.1, -0.05) is 6.08 Å². The first-order chi connectivity index (χ1) is 10.2. The van der Waals surface area contributed by atoms with Crippen molar-refractivity contribution in [3.05, 3.63) is 24.2 Å². The van der Waals surface area contributed by atoms with Crippen molar-refractivity contribution in [2.24, 2.45) is 0 Å². The summed E-state index contributed by atoms with van der Waals surface area (Å²) in [4.78, 5) is 19.2. The van der Waals surface area contributed by atoms with Crippen LogP contribution >= 0.6 is 0 Å². The number of nitrogens with one attached hydrogen (secondary N) is 1. The lowest BCUT2D eigenvalue weighted by Gasteiger charge is -2.34. The van der Waals surface area contributed by atoms with Gasteiger partial charge in [-0.3, -0.25) is 0 Å². The van der Waals surface area contributed by atoms with Crippen molar-refractivity contribution < 1.29 is 19.4 Å². The molecule has 7 nitrogen and oxygen atoms in total. The van der Waals surface area contributed by atoms with E-state index in [1.54, 1.807) is 12.4 Å². The highest BCUT2D eigenvalue weighted by atomic mass is 16.5. The lowest BCUT2D eigenvalue weighted by atomic mass is 9.89. The van der Waals surface area contributed by atoms with Gasteiger partial charge in [0.05, 0.1) is 13.2 Å². The van der Waals surface area contributed by atoms with Gasteiger partial charge in [0.1, 0.15) is 11.8 Å². The van der Waals surface area contributed by atoms with Crippen LogP contribution in [0.5, 0.6) is 5.88 Å². The first-order valence-electron chi connectivity index (χ1n) is 6.96. The lowest BCUT2D eigenvalue weighted by molar-refractivity contribution is 0.0784. The maximum absolute atomic E-state index is 10.5. The number of carboxylic acid groups (broad SMARTS) is 1. The second-order valence-corrected chi connectivity index (χ2v) is 5.12. The maximum atomic E-state index is 10.5. The topological polar surface area (TPSA) is 93.6 Å². The standard InChI is InChI=1S/C14H17N3O4/c18-14(19)17-10-7-11(8-10)21-13-12(15-3-4-16-13)9-1-5-20-6-2-9/h1,3-4,10-11,17H,2,5-8H2,(H,18,19). The highest BCUT2D eigenvalue weighted by Gasteiger charge is 2.33. The largest absolute Gasteiger partial charge is 0.473 e. The van der Waals surface area contributed by atoms with Gasteiger partial charge in [-0.15, -0.1) is 0 Å². The van der Waals surface area contributed by atoms with Crippen LogP contribution in [-0.2, 0) is 4.74 Å². The van der Waals surface area contributed by atoms with Gasteiger partial charge in [-0.2, -0.15) is 0 Å². The molecule has 0 unspecified atom stereocenters. The molecular weight excluding hydrogens is 274 g/mol. The molecule has 0 bridgehead atoms. The zero-order chi connectivity index (χ0) is 14.7. The normalized spacial score (nSPS) is 24.7.